The van der Waals surface area contributed by atoms with Crippen LogP contribution in [0.4, 0.5) is 11.4 Å². The molecule has 0 unspecified atom stereocenters. The Kier molecular flexibility index (Phi) is 4.77. The van der Waals surface area contributed by atoms with Crippen molar-refractivity contribution in [3.63, 3.8) is 0 Å². The third-order valence-electron chi connectivity index (χ3n) is 3.92. The molecule has 2 aromatic carbocycles. The predicted molar refractivity (Wildman–Crippen MR) is 88.8 cm³/mol. The van der Waals surface area contributed by atoms with Crippen LogP contribution in [0, 0.1) is 20.2 Å². The third-order valence-corrected chi connectivity index (χ3v) is 4.77. The van der Waals surface area contributed by atoms with E-state index >= 15 is 0 Å². The van der Waals surface area contributed by atoms with Crippen molar-refractivity contribution in [1.82, 2.24) is 0 Å². The molecule has 0 N–H and O–H groups in total. The van der Waals surface area contributed by atoms with E-state index in [0.29, 0.717) is 0 Å². The lowest BCUT2D eigenvalue weighted by molar-refractivity contribution is -0.396. The van der Waals surface area contributed by atoms with E-state index in [2.05, 4.69) is 6.07 Å². The van der Waals surface area contributed by atoms with Crippen LogP contribution < -0.4 is 0 Å². The third kappa shape index (κ3) is 3.39. The number of rotatable bonds is 5. The highest BCUT2D eigenvalue weighted by Crippen LogP contribution is 2.40. The first-order valence-corrected chi connectivity index (χ1v) is 8.14. The summed E-state index contributed by atoms with van der Waals surface area (Å²) in [6.07, 6.45) is 2.68. The molecule has 0 aliphatic heterocycles. The number of nitro groups is 2. The zero-order valence-corrected chi connectivity index (χ0v) is 13.4. The summed E-state index contributed by atoms with van der Waals surface area (Å²) in [6, 6.07) is 11.5. The standard InChI is InChI=1S/C16H14N2O5S/c19-17(20)12-8-9-16(14(10-12)18(21)22)24-23-15-7-3-5-11-4-1-2-6-13(11)15/h1-2,4,6,8-10,15H,3,5,7H2/t15-/m1/s1. The summed E-state index contributed by atoms with van der Waals surface area (Å²) in [5.74, 6) is 0. The van der Waals surface area contributed by atoms with Crippen molar-refractivity contribution in [2.24, 2.45) is 0 Å². The SMILES string of the molecule is O=[N+]([O-])c1ccc(SO[C@@H]2CCCc3ccccc32)c([N+](=O)[O-])c1. The fourth-order valence-corrected chi connectivity index (χ4v) is 3.51. The Morgan fingerprint density at radius 3 is 2.62 bits per heavy atom. The average Bonchev–Trinajstić information content (AvgIpc) is 2.59. The Bertz CT molecular complexity index is 796. The van der Waals surface area contributed by atoms with Crippen LogP contribution in [0.1, 0.15) is 30.1 Å². The molecule has 1 aliphatic rings. The van der Waals surface area contributed by atoms with Crippen molar-refractivity contribution >= 4 is 23.4 Å². The van der Waals surface area contributed by atoms with Gasteiger partial charge in [-0.3, -0.25) is 20.2 Å². The molecule has 0 spiro atoms. The Hall–Kier alpha value is -2.45. The molecule has 2 aromatic rings. The molecule has 0 radical (unpaired) electrons. The number of nitro benzene ring substituents is 2. The number of fused-ring (bicyclic) bond motifs is 1. The van der Waals surface area contributed by atoms with Gasteiger partial charge in [-0.15, -0.1) is 0 Å². The van der Waals surface area contributed by atoms with Gasteiger partial charge in [-0.25, -0.2) is 0 Å². The van der Waals surface area contributed by atoms with Crippen molar-refractivity contribution < 1.29 is 14.0 Å². The molecule has 0 amide bonds. The maximum atomic E-state index is 11.2. The van der Waals surface area contributed by atoms with E-state index in [1.54, 1.807) is 0 Å². The van der Waals surface area contributed by atoms with Crippen molar-refractivity contribution in [3.05, 3.63) is 73.8 Å². The lowest BCUT2D eigenvalue weighted by atomic mass is 9.90. The Balaban J connectivity index is 1.80. The fraction of sp³-hybridized carbons (Fsp3) is 0.250. The minimum absolute atomic E-state index is 0.144. The minimum Gasteiger partial charge on any atom is -0.302 e. The van der Waals surface area contributed by atoms with Crippen molar-refractivity contribution in [3.8, 4) is 0 Å². The number of non-ortho nitro benzene ring substituents is 1. The molecule has 0 heterocycles. The second-order valence-electron chi connectivity index (χ2n) is 5.43. The largest absolute Gasteiger partial charge is 0.302 e. The van der Waals surface area contributed by atoms with Gasteiger partial charge in [0.1, 0.15) is 4.90 Å². The Morgan fingerprint density at radius 1 is 1.08 bits per heavy atom. The summed E-state index contributed by atoms with van der Waals surface area (Å²) in [4.78, 5) is 20.9. The summed E-state index contributed by atoms with van der Waals surface area (Å²) in [5, 5.41) is 21.9. The maximum absolute atomic E-state index is 11.2. The average molecular weight is 346 g/mol. The molecule has 7 nitrogen and oxygen atoms in total. The van der Waals surface area contributed by atoms with Crippen molar-refractivity contribution in [2.45, 2.75) is 30.3 Å². The summed E-state index contributed by atoms with van der Waals surface area (Å²) < 4.78 is 5.83. The van der Waals surface area contributed by atoms with E-state index in [9.17, 15) is 20.2 Å². The molecule has 24 heavy (non-hydrogen) atoms. The summed E-state index contributed by atoms with van der Waals surface area (Å²) in [5.41, 5.74) is 1.70. The fourth-order valence-electron chi connectivity index (χ4n) is 2.75. The highest BCUT2D eigenvalue weighted by atomic mass is 32.2. The summed E-state index contributed by atoms with van der Waals surface area (Å²) >= 11 is 0.902. The van der Waals surface area contributed by atoms with Crippen LogP contribution in [-0.2, 0) is 10.6 Å². The van der Waals surface area contributed by atoms with E-state index in [0.717, 1.165) is 42.9 Å². The normalized spacial score (nSPS) is 16.4. The molecule has 124 valence electrons. The lowest BCUT2D eigenvalue weighted by Crippen LogP contribution is -2.10. The van der Waals surface area contributed by atoms with Crippen molar-refractivity contribution in [2.75, 3.05) is 0 Å². The molecule has 0 saturated carbocycles. The molecule has 1 atom stereocenters. The molecule has 0 aromatic heterocycles. The van der Waals surface area contributed by atoms with Gasteiger partial charge in [-0.05, 0) is 36.5 Å². The van der Waals surface area contributed by atoms with Crippen molar-refractivity contribution in [1.29, 1.82) is 0 Å². The van der Waals surface area contributed by atoms with Gasteiger partial charge in [0.05, 0.1) is 22.0 Å². The van der Waals surface area contributed by atoms with Crippen LogP contribution in [0.5, 0.6) is 0 Å². The molecule has 3 rings (SSSR count). The second kappa shape index (κ2) is 6.98. The predicted octanol–water partition coefficient (Wildman–Crippen LogP) is 4.60. The Morgan fingerprint density at radius 2 is 1.88 bits per heavy atom. The van der Waals surface area contributed by atoms with Gasteiger partial charge in [-0.2, -0.15) is 0 Å². The van der Waals surface area contributed by atoms with Crippen LogP contribution in [0.3, 0.4) is 0 Å². The molecule has 0 fully saturated rings. The minimum atomic E-state index is -0.653. The second-order valence-corrected chi connectivity index (χ2v) is 6.22. The van der Waals surface area contributed by atoms with Gasteiger partial charge < -0.3 is 4.18 Å². The lowest BCUT2D eigenvalue weighted by Gasteiger charge is -2.24. The molecule has 0 bridgehead atoms. The summed E-state index contributed by atoms with van der Waals surface area (Å²) in [7, 11) is 0. The number of aryl methyl sites for hydroxylation is 1. The van der Waals surface area contributed by atoms with E-state index < -0.39 is 9.85 Å². The molecule has 0 saturated heterocycles. The topological polar surface area (TPSA) is 95.5 Å². The van der Waals surface area contributed by atoms with Crippen LogP contribution >= 0.6 is 12.0 Å². The molecular formula is C16H14N2O5S. The number of benzene rings is 2. The molecule has 1 aliphatic carbocycles. The number of nitrogens with zero attached hydrogens (tertiary/aromatic N) is 2. The quantitative estimate of drug-likeness (QED) is 0.446. The first kappa shape index (κ1) is 16.4. The van der Waals surface area contributed by atoms with E-state index in [1.807, 2.05) is 18.2 Å². The van der Waals surface area contributed by atoms with Crippen LogP contribution in [0.25, 0.3) is 0 Å². The summed E-state index contributed by atoms with van der Waals surface area (Å²) in [6.45, 7) is 0. The van der Waals surface area contributed by atoms with Crippen LogP contribution in [0.2, 0.25) is 0 Å². The van der Waals surface area contributed by atoms with Gasteiger partial charge in [0, 0.05) is 18.1 Å². The van der Waals surface area contributed by atoms with Gasteiger partial charge >= 0.3 is 0 Å². The zero-order valence-electron chi connectivity index (χ0n) is 12.6. The van der Waals surface area contributed by atoms with Gasteiger partial charge in [0.2, 0.25) is 0 Å². The highest BCUT2D eigenvalue weighted by molar-refractivity contribution is 7.94. The maximum Gasteiger partial charge on any atom is 0.292 e. The van der Waals surface area contributed by atoms with E-state index in [4.69, 9.17) is 4.18 Å². The first-order chi connectivity index (χ1) is 11.6. The van der Waals surface area contributed by atoms with Gasteiger partial charge in [0.25, 0.3) is 11.4 Å². The highest BCUT2D eigenvalue weighted by Gasteiger charge is 2.24. The number of hydrogen-bond donors (Lipinski definition) is 0. The van der Waals surface area contributed by atoms with E-state index in [1.165, 1.54) is 17.7 Å². The smallest absolute Gasteiger partial charge is 0.292 e. The first-order valence-electron chi connectivity index (χ1n) is 7.40. The van der Waals surface area contributed by atoms with Crippen LogP contribution in [0.15, 0.2) is 47.4 Å². The van der Waals surface area contributed by atoms with Gasteiger partial charge in [-0.1, -0.05) is 24.3 Å². The Labute approximate surface area is 142 Å². The van der Waals surface area contributed by atoms with E-state index in [-0.39, 0.29) is 22.4 Å². The monoisotopic (exact) mass is 346 g/mol. The van der Waals surface area contributed by atoms with Crippen LogP contribution in [-0.4, -0.2) is 9.85 Å². The number of hydrogen-bond acceptors (Lipinski definition) is 6. The zero-order chi connectivity index (χ0) is 17.1. The molecule has 8 heteroatoms. The molecular weight excluding hydrogens is 332 g/mol. The van der Waals surface area contributed by atoms with Gasteiger partial charge in [0.15, 0.2) is 0 Å².